The highest BCUT2D eigenvalue weighted by atomic mass is 16.5. The Morgan fingerprint density at radius 3 is 2.20 bits per heavy atom. The first kappa shape index (κ1) is 21.7. The predicted molar refractivity (Wildman–Crippen MR) is 107 cm³/mol. The van der Waals surface area contributed by atoms with E-state index in [1.165, 1.54) is 50.5 Å². The van der Waals surface area contributed by atoms with Crippen LogP contribution in [0.1, 0.15) is 90.5 Å². The zero-order chi connectivity index (χ0) is 18.5. The van der Waals surface area contributed by atoms with E-state index in [-0.39, 0.29) is 5.97 Å². The molecule has 2 nitrogen and oxygen atoms in total. The van der Waals surface area contributed by atoms with Gasteiger partial charge in [-0.15, -0.1) is 0 Å². The number of hydrogen-bond donors (Lipinski definition) is 0. The van der Waals surface area contributed by atoms with Gasteiger partial charge in [-0.05, 0) is 43.7 Å². The van der Waals surface area contributed by atoms with Crippen LogP contribution >= 0.6 is 0 Å². The van der Waals surface area contributed by atoms with E-state index < -0.39 is 0 Å². The van der Waals surface area contributed by atoms with E-state index in [0.29, 0.717) is 12.2 Å². The van der Waals surface area contributed by atoms with Gasteiger partial charge in [-0.25, -0.2) is 0 Å². The summed E-state index contributed by atoms with van der Waals surface area (Å²) in [4.78, 5) is 12.0. The van der Waals surface area contributed by atoms with E-state index in [2.05, 4.69) is 20.8 Å². The number of carbonyl (C=O) groups excluding carboxylic acids is 1. The van der Waals surface area contributed by atoms with Crippen LogP contribution in [0, 0.1) is 18.8 Å². The van der Waals surface area contributed by atoms with Crippen molar-refractivity contribution >= 4 is 5.97 Å². The summed E-state index contributed by atoms with van der Waals surface area (Å²) in [7, 11) is 0. The van der Waals surface area contributed by atoms with E-state index in [1.54, 1.807) is 0 Å². The molecule has 1 aromatic rings. The highest BCUT2D eigenvalue weighted by Gasteiger charge is 2.11. The third kappa shape index (κ3) is 10.3. The number of benzene rings is 1. The molecule has 0 aliphatic heterocycles. The SMILES string of the molecule is CCCC(C)CCCC(CCC)CCCC(=O)Oc1ccc(C)cc1. The molecule has 1 aromatic carbocycles. The van der Waals surface area contributed by atoms with Gasteiger partial charge in [0.05, 0.1) is 0 Å². The van der Waals surface area contributed by atoms with Crippen molar-refractivity contribution in [2.75, 3.05) is 0 Å². The topological polar surface area (TPSA) is 26.3 Å². The van der Waals surface area contributed by atoms with Gasteiger partial charge in [0.2, 0.25) is 0 Å². The molecular weight excluding hydrogens is 308 g/mol. The number of aryl methyl sites for hydroxylation is 1. The van der Waals surface area contributed by atoms with Crippen LogP contribution in [0.2, 0.25) is 0 Å². The molecule has 1 rings (SSSR count). The molecule has 2 heteroatoms. The number of hydrogen-bond acceptors (Lipinski definition) is 2. The normalized spacial score (nSPS) is 13.4. The maximum absolute atomic E-state index is 12.0. The van der Waals surface area contributed by atoms with E-state index in [4.69, 9.17) is 4.74 Å². The minimum Gasteiger partial charge on any atom is -0.427 e. The molecule has 0 saturated heterocycles. The Bertz CT molecular complexity index is 463. The fourth-order valence-corrected chi connectivity index (χ4v) is 3.56. The lowest BCUT2D eigenvalue weighted by Crippen LogP contribution is -2.09. The van der Waals surface area contributed by atoms with E-state index in [9.17, 15) is 4.79 Å². The standard InChI is InChI=1S/C23H38O2/c1-5-9-19(3)11-7-12-21(10-6-2)13-8-14-23(24)25-22-17-15-20(4)16-18-22/h15-19,21H,5-14H2,1-4H3. The molecule has 2 atom stereocenters. The maximum Gasteiger partial charge on any atom is 0.311 e. The molecule has 0 radical (unpaired) electrons. The Hall–Kier alpha value is -1.31. The Kier molecular flexibility index (Phi) is 11.3. The molecule has 142 valence electrons. The van der Waals surface area contributed by atoms with Gasteiger partial charge in [0, 0.05) is 6.42 Å². The number of esters is 1. The smallest absolute Gasteiger partial charge is 0.311 e. The van der Waals surface area contributed by atoms with Crippen molar-refractivity contribution in [3.8, 4) is 5.75 Å². The molecule has 0 saturated carbocycles. The predicted octanol–water partition coefficient (Wildman–Crippen LogP) is 7.09. The summed E-state index contributed by atoms with van der Waals surface area (Å²) in [6, 6.07) is 7.67. The zero-order valence-corrected chi connectivity index (χ0v) is 16.9. The monoisotopic (exact) mass is 346 g/mol. The molecule has 0 heterocycles. The molecule has 0 spiro atoms. The Labute approximate surface area is 155 Å². The second kappa shape index (κ2) is 13.0. The molecule has 0 amide bonds. The van der Waals surface area contributed by atoms with Crippen LogP contribution in [0.25, 0.3) is 0 Å². The first-order valence-corrected chi connectivity index (χ1v) is 10.3. The average molecular weight is 347 g/mol. The molecule has 0 aliphatic rings. The van der Waals surface area contributed by atoms with Crippen molar-refractivity contribution in [1.82, 2.24) is 0 Å². The van der Waals surface area contributed by atoms with Crippen LogP contribution < -0.4 is 4.74 Å². The molecule has 2 unspecified atom stereocenters. The summed E-state index contributed by atoms with van der Waals surface area (Å²) in [5.74, 6) is 2.18. The lowest BCUT2D eigenvalue weighted by molar-refractivity contribution is -0.134. The van der Waals surface area contributed by atoms with E-state index in [0.717, 1.165) is 24.7 Å². The van der Waals surface area contributed by atoms with Gasteiger partial charge in [-0.1, -0.05) is 83.4 Å². The molecule has 0 fully saturated rings. The van der Waals surface area contributed by atoms with Crippen molar-refractivity contribution in [2.45, 2.75) is 91.9 Å². The van der Waals surface area contributed by atoms with Crippen LogP contribution in [0.5, 0.6) is 5.75 Å². The third-order valence-electron chi connectivity index (χ3n) is 5.03. The van der Waals surface area contributed by atoms with E-state index in [1.807, 2.05) is 31.2 Å². The molecule has 0 N–H and O–H groups in total. The fraction of sp³-hybridized carbons (Fsp3) is 0.696. The molecule has 0 aliphatic carbocycles. The molecule has 0 bridgehead atoms. The highest BCUT2D eigenvalue weighted by molar-refractivity contribution is 5.72. The minimum absolute atomic E-state index is 0.101. The highest BCUT2D eigenvalue weighted by Crippen LogP contribution is 2.24. The van der Waals surface area contributed by atoms with Gasteiger partial charge in [0.1, 0.15) is 5.75 Å². The van der Waals surface area contributed by atoms with Crippen molar-refractivity contribution < 1.29 is 9.53 Å². The summed E-state index contributed by atoms with van der Waals surface area (Å²) in [6.07, 6.45) is 11.8. The maximum atomic E-state index is 12.0. The van der Waals surface area contributed by atoms with Gasteiger partial charge in [-0.3, -0.25) is 4.79 Å². The first-order valence-electron chi connectivity index (χ1n) is 10.3. The van der Waals surface area contributed by atoms with Crippen molar-refractivity contribution in [1.29, 1.82) is 0 Å². The largest absolute Gasteiger partial charge is 0.427 e. The van der Waals surface area contributed by atoms with Crippen LogP contribution in [-0.4, -0.2) is 5.97 Å². The summed E-state index contributed by atoms with van der Waals surface area (Å²) < 4.78 is 5.41. The number of carbonyl (C=O) groups is 1. The summed E-state index contributed by atoms with van der Waals surface area (Å²) in [5.41, 5.74) is 1.18. The van der Waals surface area contributed by atoms with Crippen LogP contribution in [0.3, 0.4) is 0 Å². The lowest BCUT2D eigenvalue weighted by atomic mass is 9.89. The number of ether oxygens (including phenoxy) is 1. The molecule has 0 aromatic heterocycles. The molecular formula is C23H38O2. The van der Waals surface area contributed by atoms with Crippen molar-refractivity contribution in [2.24, 2.45) is 11.8 Å². The quantitative estimate of drug-likeness (QED) is 0.281. The van der Waals surface area contributed by atoms with Gasteiger partial charge < -0.3 is 4.74 Å². The fourth-order valence-electron chi connectivity index (χ4n) is 3.56. The second-order valence-corrected chi connectivity index (χ2v) is 7.66. The van der Waals surface area contributed by atoms with Gasteiger partial charge in [0.15, 0.2) is 0 Å². The van der Waals surface area contributed by atoms with Gasteiger partial charge >= 0.3 is 5.97 Å². The van der Waals surface area contributed by atoms with Crippen molar-refractivity contribution in [3.63, 3.8) is 0 Å². The Morgan fingerprint density at radius 1 is 0.920 bits per heavy atom. The Morgan fingerprint density at radius 2 is 1.56 bits per heavy atom. The summed E-state index contributed by atoms with van der Waals surface area (Å²) in [6.45, 7) is 8.94. The summed E-state index contributed by atoms with van der Waals surface area (Å²) in [5, 5.41) is 0. The average Bonchev–Trinajstić information content (AvgIpc) is 2.57. The summed E-state index contributed by atoms with van der Waals surface area (Å²) >= 11 is 0. The van der Waals surface area contributed by atoms with Crippen LogP contribution in [-0.2, 0) is 4.79 Å². The third-order valence-corrected chi connectivity index (χ3v) is 5.03. The number of rotatable bonds is 13. The minimum atomic E-state index is -0.101. The van der Waals surface area contributed by atoms with Gasteiger partial charge in [0.25, 0.3) is 0 Å². The second-order valence-electron chi connectivity index (χ2n) is 7.66. The zero-order valence-electron chi connectivity index (χ0n) is 16.9. The van der Waals surface area contributed by atoms with Crippen LogP contribution in [0.4, 0.5) is 0 Å². The lowest BCUT2D eigenvalue weighted by Gasteiger charge is -2.17. The first-order chi connectivity index (χ1) is 12.0. The van der Waals surface area contributed by atoms with Gasteiger partial charge in [-0.2, -0.15) is 0 Å². The molecule has 25 heavy (non-hydrogen) atoms. The van der Waals surface area contributed by atoms with Crippen molar-refractivity contribution in [3.05, 3.63) is 29.8 Å². The Balaban J connectivity index is 2.24. The van der Waals surface area contributed by atoms with Crippen LogP contribution in [0.15, 0.2) is 24.3 Å². The van der Waals surface area contributed by atoms with E-state index >= 15 is 0 Å².